The van der Waals surface area contributed by atoms with Crippen molar-refractivity contribution in [1.29, 1.82) is 0 Å². The number of nitrogen functional groups attached to an aromatic ring is 1. The molecule has 1 aliphatic carbocycles. The number of rotatable bonds is 9. The Bertz CT molecular complexity index is 2880. The molecule has 350 valence electrons. The Labute approximate surface area is 397 Å². The molecule has 0 radical (unpaired) electrons. The van der Waals surface area contributed by atoms with Gasteiger partial charge in [-0.05, 0) is 117 Å². The zero-order valence-electron chi connectivity index (χ0n) is 37.9. The fourth-order valence-corrected chi connectivity index (χ4v) is 12.6. The van der Waals surface area contributed by atoms with Gasteiger partial charge in [0.05, 0.1) is 40.2 Å². The number of aliphatic hydroxyl groups excluding tert-OH is 1. The van der Waals surface area contributed by atoms with Crippen molar-refractivity contribution in [2.75, 3.05) is 65.0 Å². The van der Waals surface area contributed by atoms with E-state index >= 15 is 0 Å². The standard InChI is InChI=1S/C50H53N11O6S/c1-28-26-58(30-13-17-57(18-14-30)31-6-8-36-37(23-31)49(66)61(48(36)65)40-9-11-43(63)56-47(40)64)20-21-59(28)32-7-10-42(53-25-32)55-39-22-29(24-54-45(39)51)33-12-16-52-46(38(33)27-62)60-19-15-35-34-4-2-3-5-41(34)68-44(35)50(60)67/h6-8,10,12,16,22-25,28,30,40,62H,2-5,9,11,13-15,17-21,26-27H2,1H3,(H2,51,54)(H,53,55)(H,56,63,64)/t28-,40?/m0/s1. The van der Waals surface area contributed by atoms with Gasteiger partial charge in [-0.15, -0.1) is 11.3 Å². The van der Waals surface area contributed by atoms with Crippen molar-refractivity contribution in [1.82, 2.24) is 30.1 Å². The molecule has 3 saturated heterocycles. The zero-order valence-corrected chi connectivity index (χ0v) is 38.7. The average molecular weight is 936 g/mol. The molecule has 17 nitrogen and oxygen atoms in total. The van der Waals surface area contributed by atoms with Gasteiger partial charge >= 0.3 is 0 Å². The van der Waals surface area contributed by atoms with Crippen LogP contribution in [0.2, 0.25) is 0 Å². The number of piperazine rings is 1. The summed E-state index contributed by atoms with van der Waals surface area (Å²) in [5.74, 6) is -0.681. The van der Waals surface area contributed by atoms with E-state index in [0.29, 0.717) is 46.9 Å². The fourth-order valence-electron chi connectivity index (χ4n) is 11.2. The average Bonchev–Trinajstić information content (AvgIpc) is 3.86. The lowest BCUT2D eigenvalue weighted by molar-refractivity contribution is -0.136. The van der Waals surface area contributed by atoms with E-state index in [1.165, 1.54) is 22.4 Å². The van der Waals surface area contributed by atoms with Crippen LogP contribution in [0.5, 0.6) is 0 Å². The van der Waals surface area contributed by atoms with E-state index in [9.17, 15) is 29.1 Å². The maximum absolute atomic E-state index is 13.9. The van der Waals surface area contributed by atoms with E-state index in [2.05, 4.69) is 48.3 Å². The van der Waals surface area contributed by atoms with E-state index < -0.39 is 29.7 Å². The number of anilines is 6. The summed E-state index contributed by atoms with van der Waals surface area (Å²) < 4.78 is 0. The molecule has 0 spiro atoms. The Hall–Kier alpha value is -6.76. The lowest BCUT2D eigenvalue weighted by Crippen LogP contribution is -2.57. The Balaban J connectivity index is 0.708. The quantitative estimate of drug-likeness (QED) is 0.142. The molecule has 9 heterocycles. The molecule has 0 saturated carbocycles. The minimum absolute atomic E-state index is 0.0512. The lowest BCUT2D eigenvalue weighted by atomic mass is 9.92. The smallest absolute Gasteiger partial charge is 0.269 e. The van der Waals surface area contributed by atoms with Crippen LogP contribution in [0.3, 0.4) is 0 Å². The number of carbonyl (C=O) groups excluding carboxylic acids is 5. The molecule has 1 unspecified atom stereocenters. The number of hydrogen-bond acceptors (Lipinski definition) is 15. The summed E-state index contributed by atoms with van der Waals surface area (Å²) in [4.78, 5) is 90.8. The van der Waals surface area contributed by atoms with Crippen LogP contribution in [0.15, 0.2) is 61.1 Å². The number of amides is 5. The van der Waals surface area contributed by atoms with Crippen LogP contribution < -0.4 is 31.1 Å². The number of hydrogen-bond donors (Lipinski definition) is 4. The fraction of sp³-hybridized carbons (Fsp3) is 0.400. The number of pyridine rings is 3. The SMILES string of the molecule is C[C@H]1CN(C2CCN(c3ccc4c(c3)C(=O)N(C3CCC(=O)NC3=O)C4=O)CC2)CCN1c1ccc(Nc2cc(-c3ccnc(N4CCc5c(sc6c5CCCC6)C4=O)c3CO)cnc2N)nc1. The van der Waals surface area contributed by atoms with Crippen molar-refractivity contribution in [3.63, 3.8) is 0 Å². The number of aliphatic hydroxyl groups is 1. The van der Waals surface area contributed by atoms with Crippen molar-refractivity contribution < 1.29 is 29.1 Å². The van der Waals surface area contributed by atoms with E-state index in [1.54, 1.807) is 40.8 Å². The van der Waals surface area contributed by atoms with Gasteiger partial charge in [-0.1, -0.05) is 0 Å². The van der Waals surface area contributed by atoms with Gasteiger partial charge in [-0.25, -0.2) is 15.0 Å². The molecule has 5 aromatic rings. The number of aryl methyl sites for hydroxylation is 1. The molecule has 0 bridgehead atoms. The predicted octanol–water partition coefficient (Wildman–Crippen LogP) is 5.08. The number of benzene rings is 1. The minimum atomic E-state index is -0.986. The highest BCUT2D eigenvalue weighted by atomic mass is 32.1. The second-order valence-electron chi connectivity index (χ2n) is 18.7. The van der Waals surface area contributed by atoms with E-state index in [1.807, 2.05) is 30.5 Å². The zero-order chi connectivity index (χ0) is 46.8. The number of nitrogens with zero attached hydrogens (tertiary/aromatic N) is 8. The van der Waals surface area contributed by atoms with Gasteiger partial charge in [0.1, 0.15) is 23.5 Å². The van der Waals surface area contributed by atoms with Crippen LogP contribution in [0, 0.1) is 0 Å². The van der Waals surface area contributed by atoms with Crippen molar-refractivity contribution in [2.45, 2.75) is 89.4 Å². The van der Waals surface area contributed by atoms with Crippen molar-refractivity contribution >= 4 is 75.4 Å². The Kier molecular flexibility index (Phi) is 11.4. The van der Waals surface area contributed by atoms with Crippen LogP contribution in [-0.4, -0.2) is 117 Å². The van der Waals surface area contributed by atoms with E-state index in [-0.39, 0.29) is 37.0 Å². The predicted molar refractivity (Wildman–Crippen MR) is 258 cm³/mol. The van der Waals surface area contributed by atoms with E-state index in [0.717, 1.165) is 104 Å². The summed E-state index contributed by atoms with van der Waals surface area (Å²) in [5, 5.41) is 16.3. The molecule has 1 aromatic carbocycles. The Morgan fingerprint density at radius 3 is 2.38 bits per heavy atom. The molecule has 5 amide bonds. The third-order valence-corrected chi connectivity index (χ3v) is 16.1. The highest BCUT2D eigenvalue weighted by Gasteiger charge is 2.45. The summed E-state index contributed by atoms with van der Waals surface area (Å²) in [6.07, 6.45) is 12.5. The molecule has 6 aliphatic rings. The van der Waals surface area contributed by atoms with Crippen molar-refractivity contribution in [3.05, 3.63) is 98.6 Å². The maximum atomic E-state index is 13.9. The molecule has 5 aliphatic heterocycles. The molecule has 11 rings (SSSR count). The number of carbonyl (C=O) groups is 5. The highest BCUT2D eigenvalue weighted by molar-refractivity contribution is 7.14. The summed E-state index contributed by atoms with van der Waals surface area (Å²) >= 11 is 1.63. The lowest BCUT2D eigenvalue weighted by Gasteiger charge is -2.46. The maximum Gasteiger partial charge on any atom is 0.269 e. The molecule has 4 aromatic heterocycles. The molecular formula is C50H53N11O6S. The van der Waals surface area contributed by atoms with Gasteiger partial charge in [-0.2, -0.15) is 0 Å². The summed E-state index contributed by atoms with van der Waals surface area (Å²) in [6, 6.07) is 12.7. The van der Waals surface area contributed by atoms with Crippen LogP contribution in [0.4, 0.5) is 34.5 Å². The third kappa shape index (κ3) is 7.73. The normalized spacial score (nSPS) is 21.2. The first-order chi connectivity index (χ1) is 33.0. The van der Waals surface area contributed by atoms with Crippen molar-refractivity contribution in [3.8, 4) is 11.1 Å². The number of thiophene rings is 1. The van der Waals surface area contributed by atoms with Gasteiger partial charge < -0.3 is 26.0 Å². The highest BCUT2D eigenvalue weighted by Crippen LogP contribution is 2.41. The summed E-state index contributed by atoms with van der Waals surface area (Å²) in [6.45, 7) is 6.72. The number of piperidine rings is 2. The van der Waals surface area contributed by atoms with Crippen LogP contribution in [-0.2, 0) is 35.5 Å². The van der Waals surface area contributed by atoms with Crippen LogP contribution in [0.1, 0.15) is 97.4 Å². The van der Waals surface area contributed by atoms with E-state index in [4.69, 9.17) is 10.7 Å². The molecular weight excluding hydrogens is 883 g/mol. The van der Waals surface area contributed by atoms with Gasteiger partial charge in [-0.3, -0.25) is 44.0 Å². The summed E-state index contributed by atoms with van der Waals surface area (Å²) in [5.41, 5.74) is 14.0. The van der Waals surface area contributed by atoms with Gasteiger partial charge in [0.2, 0.25) is 11.8 Å². The number of fused-ring (bicyclic) bond motifs is 4. The molecule has 3 fully saturated rings. The van der Waals surface area contributed by atoms with Gasteiger partial charge in [0.15, 0.2) is 0 Å². The summed E-state index contributed by atoms with van der Waals surface area (Å²) in [7, 11) is 0. The second-order valence-corrected chi connectivity index (χ2v) is 19.8. The van der Waals surface area contributed by atoms with Crippen molar-refractivity contribution in [2.24, 2.45) is 0 Å². The molecule has 2 atom stereocenters. The van der Waals surface area contributed by atoms with Gasteiger partial charge in [0.25, 0.3) is 17.7 Å². The van der Waals surface area contributed by atoms with Crippen LogP contribution in [0.25, 0.3) is 11.1 Å². The topological polar surface area (TPSA) is 211 Å². The number of nitrogens with two attached hydrogens (primary N) is 1. The Morgan fingerprint density at radius 1 is 0.794 bits per heavy atom. The number of nitrogens with one attached hydrogen (secondary N) is 2. The third-order valence-electron chi connectivity index (χ3n) is 14.8. The first-order valence-electron chi connectivity index (χ1n) is 23.7. The molecule has 68 heavy (non-hydrogen) atoms. The monoisotopic (exact) mass is 935 g/mol. The first kappa shape index (κ1) is 43.8. The molecule has 18 heteroatoms. The number of imide groups is 2. The Morgan fingerprint density at radius 2 is 1.60 bits per heavy atom. The number of aromatic nitrogens is 3. The largest absolute Gasteiger partial charge is 0.392 e. The van der Waals surface area contributed by atoms with Gasteiger partial charge in [0, 0.05) is 91.9 Å². The second kappa shape index (κ2) is 17.7. The first-order valence-corrected chi connectivity index (χ1v) is 24.5. The minimum Gasteiger partial charge on any atom is -0.392 e. The van der Waals surface area contributed by atoms with Crippen LogP contribution >= 0.6 is 11.3 Å². The molecule has 5 N–H and O–H groups in total.